The summed E-state index contributed by atoms with van der Waals surface area (Å²) in [4.78, 5) is 27.1. The zero-order valence-corrected chi connectivity index (χ0v) is 18.1. The van der Waals surface area contributed by atoms with E-state index in [0.29, 0.717) is 32.5 Å². The van der Waals surface area contributed by atoms with Gasteiger partial charge in [0.1, 0.15) is 17.5 Å². The van der Waals surface area contributed by atoms with Gasteiger partial charge in [-0.15, -0.1) is 0 Å². The van der Waals surface area contributed by atoms with Gasteiger partial charge in [0.25, 0.3) is 0 Å². The van der Waals surface area contributed by atoms with E-state index >= 15 is 0 Å². The van der Waals surface area contributed by atoms with Crippen molar-refractivity contribution >= 4 is 11.8 Å². The van der Waals surface area contributed by atoms with Crippen LogP contribution in [0, 0.1) is 0 Å². The molecule has 30 heavy (non-hydrogen) atoms. The Balaban J connectivity index is 2.01. The number of nitrogens with zero attached hydrogens (tertiary/aromatic N) is 1. The Morgan fingerprint density at radius 3 is 2.50 bits per heavy atom. The van der Waals surface area contributed by atoms with Gasteiger partial charge in [-0.05, 0) is 49.6 Å². The van der Waals surface area contributed by atoms with E-state index in [0.717, 1.165) is 23.5 Å². The van der Waals surface area contributed by atoms with Crippen molar-refractivity contribution in [3.05, 3.63) is 60.2 Å². The Morgan fingerprint density at radius 1 is 1.07 bits per heavy atom. The first-order chi connectivity index (χ1) is 14.5. The number of ether oxygens (including phenoxy) is 2. The van der Waals surface area contributed by atoms with Crippen LogP contribution in [0.25, 0.3) is 0 Å². The largest absolute Gasteiger partial charge is 0.497 e. The van der Waals surface area contributed by atoms with Gasteiger partial charge in [-0.1, -0.05) is 37.3 Å². The second-order valence-corrected chi connectivity index (χ2v) is 7.11. The van der Waals surface area contributed by atoms with Crippen LogP contribution in [0.1, 0.15) is 38.7 Å². The van der Waals surface area contributed by atoms with Gasteiger partial charge in [-0.2, -0.15) is 0 Å². The summed E-state index contributed by atoms with van der Waals surface area (Å²) in [6.45, 7) is 5.14. The molecule has 0 radical (unpaired) electrons. The zero-order chi connectivity index (χ0) is 21.8. The van der Waals surface area contributed by atoms with Crippen LogP contribution in [-0.2, 0) is 16.1 Å². The summed E-state index contributed by atoms with van der Waals surface area (Å²) in [5.41, 5.74) is 0.915. The molecule has 2 amide bonds. The number of benzene rings is 2. The number of carbonyl (C=O) groups is 2. The smallest absolute Gasteiger partial charge is 0.242 e. The molecule has 6 nitrogen and oxygen atoms in total. The second-order valence-electron chi connectivity index (χ2n) is 7.11. The van der Waals surface area contributed by atoms with E-state index in [9.17, 15) is 9.59 Å². The fraction of sp³-hybridized carbons (Fsp3) is 0.417. The summed E-state index contributed by atoms with van der Waals surface area (Å²) in [7, 11) is 1.61. The molecule has 0 aliphatic heterocycles. The lowest BCUT2D eigenvalue weighted by Gasteiger charge is -2.29. The standard InChI is InChI=1S/C24H32N2O4/c1-4-15-25-24(28)19(2)26(18-20-10-8-13-22(17-20)29-3)23(27)14-9-16-30-21-11-6-5-7-12-21/h5-8,10-13,17,19H,4,9,14-16,18H2,1-3H3,(H,25,28). The van der Waals surface area contributed by atoms with E-state index in [1.54, 1.807) is 18.9 Å². The molecule has 2 aromatic rings. The predicted molar refractivity (Wildman–Crippen MR) is 117 cm³/mol. The fourth-order valence-corrected chi connectivity index (χ4v) is 3.02. The first-order valence-corrected chi connectivity index (χ1v) is 10.4. The van der Waals surface area contributed by atoms with Gasteiger partial charge in [0.15, 0.2) is 0 Å². The van der Waals surface area contributed by atoms with Crippen LogP contribution in [0.2, 0.25) is 0 Å². The molecular formula is C24H32N2O4. The van der Waals surface area contributed by atoms with Crippen molar-refractivity contribution in [3.63, 3.8) is 0 Å². The highest BCUT2D eigenvalue weighted by atomic mass is 16.5. The lowest BCUT2D eigenvalue weighted by molar-refractivity contribution is -0.140. The third-order valence-electron chi connectivity index (χ3n) is 4.75. The van der Waals surface area contributed by atoms with Crippen LogP contribution in [-0.4, -0.2) is 43.0 Å². The molecule has 0 aliphatic rings. The van der Waals surface area contributed by atoms with Crippen LogP contribution < -0.4 is 14.8 Å². The summed E-state index contributed by atoms with van der Waals surface area (Å²) >= 11 is 0. The SMILES string of the molecule is CCCNC(=O)C(C)N(Cc1cccc(OC)c1)C(=O)CCCOc1ccccc1. The third-order valence-corrected chi connectivity index (χ3v) is 4.75. The van der Waals surface area contributed by atoms with E-state index in [4.69, 9.17) is 9.47 Å². The normalized spacial score (nSPS) is 11.4. The molecule has 6 heteroatoms. The van der Waals surface area contributed by atoms with Gasteiger partial charge in [0.05, 0.1) is 13.7 Å². The highest BCUT2D eigenvalue weighted by molar-refractivity contribution is 5.87. The van der Waals surface area contributed by atoms with Gasteiger partial charge in [0, 0.05) is 19.5 Å². The van der Waals surface area contributed by atoms with Crippen molar-refractivity contribution in [3.8, 4) is 11.5 Å². The molecule has 0 bridgehead atoms. The number of para-hydroxylation sites is 1. The topological polar surface area (TPSA) is 67.9 Å². The number of amides is 2. The Bertz CT molecular complexity index is 795. The summed E-state index contributed by atoms with van der Waals surface area (Å²) in [6, 6.07) is 16.5. The molecule has 162 valence electrons. The summed E-state index contributed by atoms with van der Waals surface area (Å²) in [5, 5.41) is 2.88. The van der Waals surface area contributed by atoms with E-state index in [-0.39, 0.29) is 11.8 Å². The first-order valence-electron chi connectivity index (χ1n) is 10.4. The van der Waals surface area contributed by atoms with Gasteiger partial charge in [-0.3, -0.25) is 9.59 Å². The molecule has 0 aromatic heterocycles. The van der Waals surface area contributed by atoms with Crippen molar-refractivity contribution in [2.24, 2.45) is 0 Å². The number of methoxy groups -OCH3 is 1. The molecule has 2 aromatic carbocycles. The quantitative estimate of drug-likeness (QED) is 0.539. The molecule has 2 rings (SSSR count). The number of carbonyl (C=O) groups excluding carboxylic acids is 2. The van der Waals surface area contributed by atoms with Gasteiger partial charge < -0.3 is 19.7 Å². The molecule has 1 atom stereocenters. The maximum atomic E-state index is 13.0. The predicted octanol–water partition coefficient (Wildman–Crippen LogP) is 3.80. The minimum absolute atomic E-state index is 0.0753. The van der Waals surface area contributed by atoms with Gasteiger partial charge >= 0.3 is 0 Å². The number of nitrogens with one attached hydrogen (secondary N) is 1. The summed E-state index contributed by atoms with van der Waals surface area (Å²) in [5.74, 6) is 1.28. The lowest BCUT2D eigenvalue weighted by atomic mass is 10.1. The second kappa shape index (κ2) is 12.5. The average Bonchev–Trinajstić information content (AvgIpc) is 2.78. The van der Waals surface area contributed by atoms with E-state index in [2.05, 4.69) is 5.32 Å². The Morgan fingerprint density at radius 2 is 1.80 bits per heavy atom. The van der Waals surface area contributed by atoms with Crippen molar-refractivity contribution in [1.29, 1.82) is 0 Å². The molecule has 0 fully saturated rings. The van der Waals surface area contributed by atoms with Crippen molar-refractivity contribution in [2.45, 2.75) is 45.7 Å². The summed E-state index contributed by atoms with van der Waals surface area (Å²) < 4.78 is 11.0. The molecular weight excluding hydrogens is 380 g/mol. The first kappa shape index (κ1) is 23.3. The van der Waals surface area contributed by atoms with E-state index in [1.165, 1.54) is 0 Å². The minimum Gasteiger partial charge on any atom is -0.497 e. The van der Waals surface area contributed by atoms with E-state index < -0.39 is 6.04 Å². The molecule has 0 spiro atoms. The van der Waals surface area contributed by atoms with Gasteiger partial charge in [-0.25, -0.2) is 0 Å². The van der Waals surface area contributed by atoms with Crippen molar-refractivity contribution < 1.29 is 19.1 Å². The van der Waals surface area contributed by atoms with Crippen LogP contribution >= 0.6 is 0 Å². The molecule has 1 unspecified atom stereocenters. The maximum absolute atomic E-state index is 13.0. The molecule has 0 saturated carbocycles. The lowest BCUT2D eigenvalue weighted by Crippen LogP contribution is -2.47. The number of hydrogen-bond donors (Lipinski definition) is 1. The maximum Gasteiger partial charge on any atom is 0.242 e. The van der Waals surface area contributed by atoms with Crippen molar-refractivity contribution in [2.75, 3.05) is 20.3 Å². The minimum atomic E-state index is -0.565. The molecule has 0 heterocycles. The van der Waals surface area contributed by atoms with Crippen LogP contribution in [0.15, 0.2) is 54.6 Å². The molecule has 0 aliphatic carbocycles. The van der Waals surface area contributed by atoms with Crippen LogP contribution in [0.4, 0.5) is 0 Å². The monoisotopic (exact) mass is 412 g/mol. The summed E-state index contributed by atoms with van der Waals surface area (Å²) in [6.07, 6.45) is 1.73. The molecule has 0 saturated heterocycles. The third kappa shape index (κ3) is 7.43. The van der Waals surface area contributed by atoms with Gasteiger partial charge in [0.2, 0.25) is 11.8 Å². The number of hydrogen-bond acceptors (Lipinski definition) is 4. The fourth-order valence-electron chi connectivity index (χ4n) is 3.02. The van der Waals surface area contributed by atoms with Crippen molar-refractivity contribution in [1.82, 2.24) is 10.2 Å². The number of rotatable bonds is 12. The average molecular weight is 413 g/mol. The Kier molecular flexibility index (Phi) is 9.71. The Hall–Kier alpha value is -3.02. The zero-order valence-electron chi connectivity index (χ0n) is 18.1. The van der Waals surface area contributed by atoms with Crippen LogP contribution in [0.5, 0.6) is 11.5 Å². The highest BCUT2D eigenvalue weighted by Gasteiger charge is 2.25. The Labute approximate surface area is 179 Å². The van der Waals surface area contributed by atoms with Crippen LogP contribution in [0.3, 0.4) is 0 Å². The molecule has 1 N–H and O–H groups in total. The van der Waals surface area contributed by atoms with E-state index in [1.807, 2.05) is 61.5 Å². The highest BCUT2D eigenvalue weighted by Crippen LogP contribution is 2.17.